The van der Waals surface area contributed by atoms with E-state index in [1.165, 1.54) is 75.7 Å². The first-order valence-electron chi connectivity index (χ1n) is 16.6. The van der Waals surface area contributed by atoms with Crippen LogP contribution in [0.3, 0.4) is 0 Å². The molecule has 0 unspecified atom stereocenters. The zero-order valence-corrected chi connectivity index (χ0v) is 26.5. The van der Waals surface area contributed by atoms with Gasteiger partial charge < -0.3 is 14.2 Å². The number of hydrogen-bond acceptors (Lipinski definition) is 3. The fourth-order valence-corrected chi connectivity index (χ4v) is 10.3. The van der Waals surface area contributed by atoms with Gasteiger partial charge >= 0.3 is 0 Å². The lowest BCUT2D eigenvalue weighted by atomic mass is 9.31. The van der Waals surface area contributed by atoms with Crippen molar-refractivity contribution in [2.75, 3.05) is 4.90 Å². The van der Waals surface area contributed by atoms with E-state index >= 15 is 0 Å². The number of nitrogens with zero attached hydrogens (tertiary/aromatic N) is 2. The van der Waals surface area contributed by atoms with Crippen molar-refractivity contribution in [3.05, 3.63) is 146 Å². The van der Waals surface area contributed by atoms with Gasteiger partial charge in [0.1, 0.15) is 11.5 Å². The van der Waals surface area contributed by atoms with E-state index < -0.39 is 0 Å². The van der Waals surface area contributed by atoms with Gasteiger partial charge in [0.25, 0.3) is 6.71 Å². The first-order chi connectivity index (χ1) is 23.8. The Morgan fingerprint density at radius 3 is 2.00 bits per heavy atom. The van der Waals surface area contributed by atoms with E-state index in [1.807, 2.05) is 11.8 Å². The summed E-state index contributed by atoms with van der Waals surface area (Å²) in [7, 11) is 0. The van der Waals surface area contributed by atoms with Crippen LogP contribution >= 0.6 is 11.8 Å². The van der Waals surface area contributed by atoms with Crippen LogP contribution in [0.2, 0.25) is 0 Å². The molecule has 48 heavy (non-hydrogen) atoms. The van der Waals surface area contributed by atoms with Crippen LogP contribution in [0.4, 0.5) is 17.1 Å². The summed E-state index contributed by atoms with van der Waals surface area (Å²) in [6.07, 6.45) is 0. The number of fused-ring (bicyclic) bond motifs is 7. The highest BCUT2D eigenvalue weighted by Gasteiger charge is 2.48. The Morgan fingerprint density at radius 2 is 1.19 bits per heavy atom. The van der Waals surface area contributed by atoms with Gasteiger partial charge in [0.05, 0.1) is 11.2 Å². The van der Waals surface area contributed by atoms with Gasteiger partial charge in [-0.3, -0.25) is 0 Å². The lowest BCUT2D eigenvalue weighted by Crippen LogP contribution is -2.65. The van der Waals surface area contributed by atoms with E-state index in [-0.39, 0.29) is 13.4 Å². The molecule has 0 aliphatic carbocycles. The predicted molar refractivity (Wildman–Crippen MR) is 202 cm³/mol. The van der Waals surface area contributed by atoms with Crippen LogP contribution in [0, 0.1) is 0 Å². The number of para-hydroxylation sites is 4. The first-order valence-corrected chi connectivity index (χ1v) is 17.4. The summed E-state index contributed by atoms with van der Waals surface area (Å²) >= 11 is 1.89. The molecule has 0 amide bonds. The zero-order valence-electron chi connectivity index (χ0n) is 25.7. The van der Waals surface area contributed by atoms with Crippen molar-refractivity contribution in [2.45, 2.75) is 9.79 Å². The fraction of sp³-hybridized carbons (Fsp3) is 0. The molecule has 0 radical (unpaired) electrons. The molecule has 5 heterocycles. The Bertz CT molecular complexity index is 2650. The minimum absolute atomic E-state index is 0.0953. The first kappa shape index (κ1) is 25.5. The molecule has 4 aliphatic rings. The van der Waals surface area contributed by atoms with Crippen molar-refractivity contribution in [1.82, 2.24) is 4.57 Å². The molecule has 0 bridgehead atoms. The highest BCUT2D eigenvalue weighted by Crippen LogP contribution is 2.47. The number of benzene rings is 7. The second-order valence-corrected chi connectivity index (χ2v) is 14.3. The normalized spacial score (nSPS) is 13.8. The maximum atomic E-state index is 6.83. The maximum Gasteiger partial charge on any atom is 0.256 e. The van der Waals surface area contributed by atoms with Gasteiger partial charge in [-0.05, 0) is 75.8 Å². The third kappa shape index (κ3) is 3.05. The molecule has 220 valence electrons. The molecule has 0 saturated carbocycles. The molecule has 0 spiro atoms. The third-order valence-corrected chi connectivity index (χ3v) is 12.0. The Hall–Kier alpha value is -5.58. The van der Waals surface area contributed by atoms with E-state index in [0.29, 0.717) is 0 Å². The highest BCUT2D eigenvalue weighted by atomic mass is 32.2. The molecule has 0 saturated heterocycles. The molecular formula is C42H24B2N2OS. The number of ether oxygens (including phenoxy) is 1. The molecular weight excluding hydrogens is 602 g/mol. The van der Waals surface area contributed by atoms with E-state index in [1.54, 1.807) is 0 Å². The van der Waals surface area contributed by atoms with Crippen LogP contribution in [-0.2, 0) is 0 Å². The summed E-state index contributed by atoms with van der Waals surface area (Å²) in [5.41, 5.74) is 15.5. The summed E-state index contributed by atoms with van der Waals surface area (Å²) in [6, 6.07) is 53.3. The predicted octanol–water partition coefficient (Wildman–Crippen LogP) is 6.48. The quantitative estimate of drug-likeness (QED) is 0.209. The molecule has 7 aromatic carbocycles. The lowest BCUT2D eigenvalue weighted by molar-refractivity contribution is 0.486. The van der Waals surface area contributed by atoms with Crippen LogP contribution < -0.4 is 42.4 Å². The van der Waals surface area contributed by atoms with Crippen molar-refractivity contribution in [2.24, 2.45) is 0 Å². The Morgan fingerprint density at radius 1 is 0.521 bits per heavy atom. The molecule has 0 atom stereocenters. The largest absolute Gasteiger partial charge is 0.458 e. The van der Waals surface area contributed by atoms with Crippen molar-refractivity contribution < 1.29 is 4.74 Å². The molecule has 0 fully saturated rings. The van der Waals surface area contributed by atoms with Crippen LogP contribution in [0.5, 0.6) is 11.5 Å². The summed E-state index contributed by atoms with van der Waals surface area (Å²) < 4.78 is 9.46. The van der Waals surface area contributed by atoms with Gasteiger partial charge in [-0.15, -0.1) is 0 Å². The average molecular weight is 626 g/mol. The second kappa shape index (κ2) is 9.06. The van der Waals surface area contributed by atoms with Gasteiger partial charge in [-0.1, -0.05) is 114 Å². The van der Waals surface area contributed by atoms with Gasteiger partial charge in [-0.25, -0.2) is 0 Å². The standard InChI is InChI=1S/C42H24B2N2OS/c1-3-12-25(13-4-1)45(26-14-5-2-6-15-26)32-23-22-31-41-37(32)27-16-11-19-30-40(27)46(41)42-38-34(47-33-20-9-7-17-28(33)43(30)38)24-36-39(42)44(31)29-18-8-10-21-35(29)48-36/h1-24H. The number of anilines is 3. The van der Waals surface area contributed by atoms with Crippen molar-refractivity contribution in [1.29, 1.82) is 0 Å². The van der Waals surface area contributed by atoms with Crippen LogP contribution in [0.25, 0.3) is 27.5 Å². The van der Waals surface area contributed by atoms with Crippen molar-refractivity contribution in [3.63, 3.8) is 0 Å². The smallest absolute Gasteiger partial charge is 0.256 e. The molecule has 0 N–H and O–H groups in total. The van der Waals surface area contributed by atoms with Gasteiger partial charge in [0, 0.05) is 43.1 Å². The molecule has 4 aliphatic heterocycles. The van der Waals surface area contributed by atoms with Crippen molar-refractivity contribution >= 4 is 96.8 Å². The third-order valence-electron chi connectivity index (χ3n) is 10.9. The zero-order chi connectivity index (χ0) is 31.1. The molecule has 1 aromatic heterocycles. The van der Waals surface area contributed by atoms with Gasteiger partial charge in [-0.2, -0.15) is 0 Å². The SMILES string of the molecule is c1ccc(N(c2ccccc2)c2ccc3c4c2c2cccc5c2n4-c2c4c(cc6c2B3c2ccccc2S6)Oc2ccccc2B45)cc1. The van der Waals surface area contributed by atoms with Crippen LogP contribution in [-0.4, -0.2) is 18.0 Å². The van der Waals surface area contributed by atoms with Gasteiger partial charge in [0.15, 0.2) is 0 Å². The Balaban J connectivity index is 1.29. The van der Waals surface area contributed by atoms with E-state index in [0.717, 1.165) is 22.9 Å². The van der Waals surface area contributed by atoms with E-state index in [9.17, 15) is 0 Å². The summed E-state index contributed by atoms with van der Waals surface area (Å²) in [6.45, 7) is 0.227. The number of rotatable bonds is 3. The summed E-state index contributed by atoms with van der Waals surface area (Å²) in [5, 5.41) is 2.59. The molecule has 12 rings (SSSR count). The number of aromatic nitrogens is 1. The Labute approximate surface area is 282 Å². The van der Waals surface area contributed by atoms with E-state index in [4.69, 9.17) is 4.74 Å². The highest BCUT2D eigenvalue weighted by molar-refractivity contribution is 8.00. The minimum atomic E-state index is 0.0953. The summed E-state index contributed by atoms with van der Waals surface area (Å²) in [5.74, 6) is 1.94. The molecule has 8 aromatic rings. The average Bonchev–Trinajstić information content (AvgIpc) is 3.50. The van der Waals surface area contributed by atoms with Crippen LogP contribution in [0.1, 0.15) is 0 Å². The van der Waals surface area contributed by atoms with Gasteiger partial charge in [0.2, 0.25) is 6.71 Å². The van der Waals surface area contributed by atoms with Crippen LogP contribution in [0.15, 0.2) is 155 Å². The maximum absolute atomic E-state index is 6.83. The molecule has 3 nitrogen and oxygen atoms in total. The minimum Gasteiger partial charge on any atom is -0.458 e. The summed E-state index contributed by atoms with van der Waals surface area (Å²) in [4.78, 5) is 5.05. The lowest BCUT2D eigenvalue weighted by Gasteiger charge is -2.40. The fourth-order valence-electron chi connectivity index (χ4n) is 9.12. The monoisotopic (exact) mass is 626 g/mol. The van der Waals surface area contributed by atoms with Crippen molar-refractivity contribution in [3.8, 4) is 17.2 Å². The van der Waals surface area contributed by atoms with E-state index in [2.05, 4.69) is 155 Å². The topological polar surface area (TPSA) is 17.4 Å². The number of hydrogen-bond donors (Lipinski definition) is 0. The second-order valence-electron chi connectivity index (χ2n) is 13.2. The molecule has 6 heteroatoms. The Kier molecular flexibility index (Phi) is 4.81.